The van der Waals surface area contributed by atoms with Crippen molar-refractivity contribution in [3.63, 3.8) is 0 Å². The van der Waals surface area contributed by atoms with Gasteiger partial charge in [-0.05, 0) is 17.5 Å². The van der Waals surface area contributed by atoms with E-state index in [2.05, 4.69) is 20.7 Å². The van der Waals surface area contributed by atoms with Gasteiger partial charge in [-0.3, -0.25) is 0 Å². The van der Waals surface area contributed by atoms with E-state index in [9.17, 15) is 0 Å². The second-order valence-electron chi connectivity index (χ2n) is 3.55. The molecule has 2 heterocycles. The van der Waals surface area contributed by atoms with Crippen molar-refractivity contribution >= 4 is 11.3 Å². The fourth-order valence-electron chi connectivity index (χ4n) is 1.42. The molecule has 0 aliphatic rings. The van der Waals surface area contributed by atoms with Crippen molar-refractivity contribution in [3.05, 3.63) is 34.8 Å². The summed E-state index contributed by atoms with van der Waals surface area (Å²) in [6.07, 6.45) is 1.80. The topological polar surface area (TPSA) is 47.0 Å². The molecule has 17 heavy (non-hydrogen) atoms. The van der Waals surface area contributed by atoms with Crippen LogP contribution in [0.3, 0.4) is 0 Å². The van der Waals surface area contributed by atoms with Gasteiger partial charge in [0.15, 0.2) is 5.82 Å². The minimum Gasteiger partial charge on any atom is -0.383 e. The summed E-state index contributed by atoms with van der Waals surface area (Å²) in [5.41, 5.74) is 2.08. The van der Waals surface area contributed by atoms with Crippen LogP contribution in [-0.4, -0.2) is 30.2 Å². The third-order valence-corrected chi connectivity index (χ3v) is 2.96. The van der Waals surface area contributed by atoms with Crippen LogP contribution >= 0.6 is 11.3 Å². The summed E-state index contributed by atoms with van der Waals surface area (Å²) in [6, 6.07) is 3.96. The van der Waals surface area contributed by atoms with Crippen molar-refractivity contribution in [2.45, 2.75) is 6.54 Å². The van der Waals surface area contributed by atoms with Crippen molar-refractivity contribution < 1.29 is 4.74 Å². The lowest BCUT2D eigenvalue weighted by molar-refractivity contribution is 0.199. The first-order valence-corrected chi connectivity index (χ1v) is 6.38. The second-order valence-corrected chi connectivity index (χ2v) is 4.33. The summed E-state index contributed by atoms with van der Waals surface area (Å²) >= 11 is 1.65. The van der Waals surface area contributed by atoms with Gasteiger partial charge in [0.2, 0.25) is 0 Å². The predicted octanol–water partition coefficient (Wildman–Crippen LogP) is 1.94. The number of hydrogen-bond donors (Lipinski definition) is 1. The second kappa shape index (κ2) is 6.44. The molecule has 0 aromatic carbocycles. The van der Waals surface area contributed by atoms with Gasteiger partial charge in [0.1, 0.15) is 0 Å². The van der Waals surface area contributed by atoms with E-state index in [4.69, 9.17) is 4.74 Å². The summed E-state index contributed by atoms with van der Waals surface area (Å²) in [5.74, 6) is 0.789. The van der Waals surface area contributed by atoms with E-state index < -0.39 is 0 Å². The first kappa shape index (κ1) is 12.2. The van der Waals surface area contributed by atoms with Crippen LogP contribution < -0.4 is 5.32 Å². The standard InChI is InChI=1S/C12H15N3OS/c1-16-6-5-13-8-11-2-4-14-12(15-11)10-3-7-17-9-10/h2-4,7,9,13H,5-6,8H2,1H3. The zero-order valence-electron chi connectivity index (χ0n) is 9.72. The van der Waals surface area contributed by atoms with Gasteiger partial charge in [0, 0.05) is 37.3 Å². The van der Waals surface area contributed by atoms with Gasteiger partial charge in [-0.1, -0.05) is 0 Å². The van der Waals surface area contributed by atoms with Gasteiger partial charge >= 0.3 is 0 Å². The molecule has 0 aliphatic heterocycles. The molecule has 0 radical (unpaired) electrons. The zero-order chi connectivity index (χ0) is 11.9. The lowest BCUT2D eigenvalue weighted by Gasteiger charge is -2.04. The van der Waals surface area contributed by atoms with Gasteiger partial charge < -0.3 is 10.1 Å². The van der Waals surface area contributed by atoms with Crippen LogP contribution in [0.15, 0.2) is 29.1 Å². The molecule has 0 bridgehead atoms. The predicted molar refractivity (Wildman–Crippen MR) is 68.9 cm³/mol. The molecule has 0 atom stereocenters. The highest BCUT2D eigenvalue weighted by molar-refractivity contribution is 7.08. The van der Waals surface area contributed by atoms with Crippen LogP contribution in [0.25, 0.3) is 11.4 Å². The SMILES string of the molecule is COCCNCc1ccnc(-c2ccsc2)n1. The molecular formula is C12H15N3OS. The van der Waals surface area contributed by atoms with Gasteiger partial charge in [-0.15, -0.1) is 0 Å². The molecule has 0 aliphatic carbocycles. The number of methoxy groups -OCH3 is 1. The molecule has 4 nitrogen and oxygen atoms in total. The minimum atomic E-state index is 0.711. The molecule has 0 spiro atoms. The van der Waals surface area contributed by atoms with Crippen molar-refractivity contribution in [1.82, 2.24) is 15.3 Å². The van der Waals surface area contributed by atoms with Crippen LogP contribution in [0.4, 0.5) is 0 Å². The molecule has 0 saturated carbocycles. The van der Waals surface area contributed by atoms with E-state index in [1.807, 2.05) is 17.5 Å². The molecule has 0 fully saturated rings. The molecule has 0 amide bonds. The molecule has 2 aromatic heterocycles. The minimum absolute atomic E-state index is 0.711. The maximum atomic E-state index is 4.97. The van der Waals surface area contributed by atoms with E-state index in [1.54, 1.807) is 24.6 Å². The van der Waals surface area contributed by atoms with Gasteiger partial charge in [0.25, 0.3) is 0 Å². The van der Waals surface area contributed by atoms with E-state index in [-0.39, 0.29) is 0 Å². The van der Waals surface area contributed by atoms with Crippen LogP contribution in [0.2, 0.25) is 0 Å². The fourth-order valence-corrected chi connectivity index (χ4v) is 2.05. The molecule has 90 valence electrons. The summed E-state index contributed by atoms with van der Waals surface area (Å²) in [5, 5.41) is 7.35. The van der Waals surface area contributed by atoms with Crippen molar-refractivity contribution in [3.8, 4) is 11.4 Å². The summed E-state index contributed by atoms with van der Waals surface area (Å²) < 4.78 is 4.97. The number of rotatable bonds is 6. The Kier molecular flexibility index (Phi) is 4.61. The number of ether oxygens (including phenoxy) is 1. The average Bonchev–Trinajstić information content (AvgIpc) is 2.89. The Balaban J connectivity index is 1.97. The molecule has 1 N–H and O–H groups in total. The van der Waals surface area contributed by atoms with Crippen molar-refractivity contribution in [1.29, 1.82) is 0 Å². The van der Waals surface area contributed by atoms with E-state index in [1.165, 1.54) is 0 Å². The van der Waals surface area contributed by atoms with Gasteiger partial charge in [-0.2, -0.15) is 11.3 Å². The highest BCUT2D eigenvalue weighted by Gasteiger charge is 2.02. The van der Waals surface area contributed by atoms with Gasteiger partial charge in [0.05, 0.1) is 12.3 Å². The number of hydrogen-bond acceptors (Lipinski definition) is 5. The lowest BCUT2D eigenvalue weighted by Crippen LogP contribution is -2.19. The van der Waals surface area contributed by atoms with Gasteiger partial charge in [-0.25, -0.2) is 9.97 Å². The zero-order valence-corrected chi connectivity index (χ0v) is 10.5. The quantitative estimate of drug-likeness (QED) is 0.795. The molecule has 2 aromatic rings. The highest BCUT2D eigenvalue weighted by atomic mass is 32.1. The van der Waals surface area contributed by atoms with E-state index >= 15 is 0 Å². The number of thiophene rings is 1. The lowest BCUT2D eigenvalue weighted by atomic mass is 10.3. The molecule has 5 heteroatoms. The Labute approximate surface area is 105 Å². The average molecular weight is 249 g/mol. The molecule has 0 unspecified atom stereocenters. The molecule has 2 rings (SSSR count). The van der Waals surface area contributed by atoms with Crippen LogP contribution in [0, 0.1) is 0 Å². The highest BCUT2D eigenvalue weighted by Crippen LogP contribution is 2.17. The first-order valence-electron chi connectivity index (χ1n) is 5.44. The van der Waals surface area contributed by atoms with Crippen LogP contribution in [0.1, 0.15) is 5.69 Å². The Morgan fingerprint density at radius 2 is 2.35 bits per heavy atom. The van der Waals surface area contributed by atoms with Crippen molar-refractivity contribution in [2.75, 3.05) is 20.3 Å². The van der Waals surface area contributed by atoms with Crippen LogP contribution in [-0.2, 0) is 11.3 Å². The fraction of sp³-hybridized carbons (Fsp3) is 0.333. The smallest absolute Gasteiger partial charge is 0.160 e. The molecular weight excluding hydrogens is 234 g/mol. The summed E-state index contributed by atoms with van der Waals surface area (Å²) in [4.78, 5) is 8.77. The maximum absolute atomic E-state index is 4.97. The third kappa shape index (κ3) is 3.59. The Hall–Kier alpha value is -1.30. The number of aromatic nitrogens is 2. The number of nitrogens with one attached hydrogen (secondary N) is 1. The number of nitrogens with zero attached hydrogens (tertiary/aromatic N) is 2. The Morgan fingerprint density at radius 1 is 1.41 bits per heavy atom. The summed E-state index contributed by atoms with van der Waals surface area (Å²) in [7, 11) is 1.70. The van der Waals surface area contributed by atoms with E-state index in [0.717, 1.165) is 30.2 Å². The first-order chi connectivity index (χ1) is 8.40. The largest absolute Gasteiger partial charge is 0.383 e. The molecule has 0 saturated heterocycles. The van der Waals surface area contributed by atoms with Crippen LogP contribution in [0.5, 0.6) is 0 Å². The van der Waals surface area contributed by atoms with E-state index in [0.29, 0.717) is 6.61 Å². The monoisotopic (exact) mass is 249 g/mol. The third-order valence-electron chi connectivity index (χ3n) is 2.28. The normalized spacial score (nSPS) is 10.6. The Bertz CT molecular complexity index is 445. The summed E-state index contributed by atoms with van der Waals surface area (Å²) in [6.45, 7) is 2.28. The van der Waals surface area contributed by atoms with Crippen molar-refractivity contribution in [2.24, 2.45) is 0 Å². The Morgan fingerprint density at radius 3 is 3.12 bits per heavy atom. The maximum Gasteiger partial charge on any atom is 0.160 e.